The van der Waals surface area contributed by atoms with Crippen molar-refractivity contribution in [1.82, 2.24) is 5.32 Å². The average molecular weight is 268 g/mol. The zero-order valence-corrected chi connectivity index (χ0v) is 12.2. The van der Waals surface area contributed by atoms with Gasteiger partial charge in [0.2, 0.25) is 0 Å². The van der Waals surface area contributed by atoms with Crippen molar-refractivity contribution in [3.05, 3.63) is 64.7 Å². The summed E-state index contributed by atoms with van der Waals surface area (Å²) in [4.78, 5) is 11.9. The van der Waals surface area contributed by atoms with Crippen molar-refractivity contribution in [2.24, 2.45) is 0 Å². The third-order valence-corrected chi connectivity index (χ3v) is 3.17. The van der Waals surface area contributed by atoms with Gasteiger partial charge >= 0.3 is 6.03 Å². The number of hydrogen-bond donors (Lipinski definition) is 2. The number of hydrogen-bond acceptors (Lipinski definition) is 1. The molecule has 0 atom stereocenters. The van der Waals surface area contributed by atoms with Crippen molar-refractivity contribution in [3.63, 3.8) is 0 Å². The number of aryl methyl sites for hydroxylation is 3. The molecule has 3 heteroatoms. The summed E-state index contributed by atoms with van der Waals surface area (Å²) in [5.41, 5.74) is 5.39. The van der Waals surface area contributed by atoms with Crippen LogP contribution in [-0.4, -0.2) is 6.03 Å². The second kappa shape index (κ2) is 6.24. The molecule has 104 valence electrons. The lowest BCUT2D eigenvalue weighted by Gasteiger charge is -2.10. The van der Waals surface area contributed by atoms with Gasteiger partial charge in [0, 0.05) is 12.2 Å². The normalized spacial score (nSPS) is 10.2. The van der Waals surface area contributed by atoms with E-state index in [1.165, 1.54) is 11.1 Å². The van der Waals surface area contributed by atoms with Gasteiger partial charge < -0.3 is 10.6 Å². The van der Waals surface area contributed by atoms with Crippen molar-refractivity contribution in [2.45, 2.75) is 27.3 Å². The van der Waals surface area contributed by atoms with E-state index in [0.717, 1.165) is 16.8 Å². The van der Waals surface area contributed by atoms with Crippen LogP contribution in [0, 0.1) is 20.8 Å². The highest BCUT2D eigenvalue weighted by Crippen LogP contribution is 2.15. The van der Waals surface area contributed by atoms with Crippen molar-refractivity contribution >= 4 is 11.7 Å². The maximum absolute atomic E-state index is 11.9. The van der Waals surface area contributed by atoms with Crippen LogP contribution >= 0.6 is 0 Å². The van der Waals surface area contributed by atoms with Crippen LogP contribution < -0.4 is 10.6 Å². The number of carbonyl (C=O) groups is 1. The number of amides is 2. The Morgan fingerprint density at radius 1 is 1.00 bits per heavy atom. The van der Waals surface area contributed by atoms with Crippen molar-refractivity contribution < 1.29 is 4.79 Å². The number of urea groups is 1. The topological polar surface area (TPSA) is 41.1 Å². The Bertz CT molecular complexity index is 620. The first kappa shape index (κ1) is 14.1. The number of benzene rings is 2. The number of rotatable bonds is 3. The zero-order chi connectivity index (χ0) is 14.5. The summed E-state index contributed by atoms with van der Waals surface area (Å²) in [7, 11) is 0. The Hall–Kier alpha value is -2.29. The molecule has 20 heavy (non-hydrogen) atoms. The minimum absolute atomic E-state index is 0.182. The molecule has 0 fully saturated rings. The third-order valence-electron chi connectivity index (χ3n) is 3.17. The Labute approximate surface area is 120 Å². The lowest BCUT2D eigenvalue weighted by atomic mass is 10.1. The number of anilines is 1. The second-order valence-electron chi connectivity index (χ2n) is 5.12. The molecule has 0 bridgehead atoms. The fourth-order valence-electron chi connectivity index (χ4n) is 2.12. The SMILES string of the molecule is Cc1cccc(CNC(=O)Nc2ccc(C)cc2C)c1. The van der Waals surface area contributed by atoms with Gasteiger partial charge in [-0.2, -0.15) is 0 Å². The monoisotopic (exact) mass is 268 g/mol. The number of carbonyl (C=O) groups excluding carboxylic acids is 1. The van der Waals surface area contributed by atoms with E-state index < -0.39 is 0 Å². The predicted octanol–water partition coefficient (Wildman–Crippen LogP) is 3.93. The summed E-state index contributed by atoms with van der Waals surface area (Å²) >= 11 is 0. The minimum atomic E-state index is -0.182. The molecule has 0 saturated carbocycles. The molecule has 0 aromatic heterocycles. The smallest absolute Gasteiger partial charge is 0.319 e. The average Bonchev–Trinajstić information content (AvgIpc) is 2.40. The summed E-state index contributed by atoms with van der Waals surface area (Å²) in [5.74, 6) is 0. The lowest BCUT2D eigenvalue weighted by Crippen LogP contribution is -2.28. The molecule has 2 aromatic carbocycles. The van der Waals surface area contributed by atoms with Gasteiger partial charge in [0.1, 0.15) is 0 Å². The van der Waals surface area contributed by atoms with Crippen LogP contribution in [-0.2, 0) is 6.54 Å². The van der Waals surface area contributed by atoms with Crippen molar-refractivity contribution in [1.29, 1.82) is 0 Å². The fourth-order valence-corrected chi connectivity index (χ4v) is 2.12. The van der Waals surface area contributed by atoms with E-state index in [1.54, 1.807) is 0 Å². The molecular weight excluding hydrogens is 248 g/mol. The van der Waals surface area contributed by atoms with Crippen LogP contribution in [0.4, 0.5) is 10.5 Å². The molecule has 2 aromatic rings. The van der Waals surface area contributed by atoms with E-state index in [2.05, 4.69) is 22.8 Å². The highest BCUT2D eigenvalue weighted by molar-refractivity contribution is 5.90. The highest BCUT2D eigenvalue weighted by Gasteiger charge is 2.04. The molecule has 0 unspecified atom stereocenters. The fraction of sp³-hybridized carbons (Fsp3) is 0.235. The summed E-state index contributed by atoms with van der Waals surface area (Å²) < 4.78 is 0. The largest absolute Gasteiger partial charge is 0.334 e. The first-order valence-electron chi connectivity index (χ1n) is 6.72. The quantitative estimate of drug-likeness (QED) is 0.870. The zero-order valence-electron chi connectivity index (χ0n) is 12.2. The van der Waals surface area contributed by atoms with Crippen LogP contribution in [0.25, 0.3) is 0 Å². The molecule has 3 nitrogen and oxygen atoms in total. The van der Waals surface area contributed by atoms with Gasteiger partial charge in [-0.05, 0) is 38.0 Å². The molecule has 2 rings (SSSR count). The van der Waals surface area contributed by atoms with Gasteiger partial charge in [-0.3, -0.25) is 0 Å². The van der Waals surface area contributed by atoms with Crippen LogP contribution in [0.15, 0.2) is 42.5 Å². The molecule has 0 heterocycles. The molecule has 2 N–H and O–H groups in total. The number of nitrogens with one attached hydrogen (secondary N) is 2. The van der Waals surface area contributed by atoms with Gasteiger partial charge in [0.15, 0.2) is 0 Å². The lowest BCUT2D eigenvalue weighted by molar-refractivity contribution is 0.251. The summed E-state index contributed by atoms with van der Waals surface area (Å²) in [6.45, 7) is 6.59. The standard InChI is InChI=1S/C17H20N2O/c1-12-5-4-6-15(10-12)11-18-17(20)19-16-8-7-13(2)9-14(16)3/h4-10H,11H2,1-3H3,(H2,18,19,20). The third kappa shape index (κ3) is 3.85. The van der Waals surface area contributed by atoms with E-state index in [9.17, 15) is 4.79 Å². The van der Waals surface area contributed by atoms with Crippen LogP contribution in [0.3, 0.4) is 0 Å². The first-order valence-corrected chi connectivity index (χ1v) is 6.72. The highest BCUT2D eigenvalue weighted by atomic mass is 16.2. The Morgan fingerprint density at radius 3 is 2.45 bits per heavy atom. The minimum Gasteiger partial charge on any atom is -0.334 e. The summed E-state index contributed by atoms with van der Waals surface area (Å²) in [5, 5.41) is 5.74. The Morgan fingerprint density at radius 2 is 1.75 bits per heavy atom. The van der Waals surface area contributed by atoms with Crippen LogP contribution in [0.2, 0.25) is 0 Å². The Kier molecular flexibility index (Phi) is 4.41. The van der Waals surface area contributed by atoms with E-state index in [1.807, 2.05) is 51.1 Å². The molecule has 0 radical (unpaired) electrons. The maximum atomic E-state index is 11.9. The van der Waals surface area contributed by atoms with Gasteiger partial charge in [0.25, 0.3) is 0 Å². The van der Waals surface area contributed by atoms with Crippen LogP contribution in [0.5, 0.6) is 0 Å². The van der Waals surface area contributed by atoms with E-state index in [4.69, 9.17) is 0 Å². The van der Waals surface area contributed by atoms with Crippen LogP contribution in [0.1, 0.15) is 22.3 Å². The van der Waals surface area contributed by atoms with Gasteiger partial charge in [0.05, 0.1) is 0 Å². The molecule has 0 aliphatic carbocycles. The molecule has 0 saturated heterocycles. The van der Waals surface area contributed by atoms with E-state index in [-0.39, 0.29) is 6.03 Å². The maximum Gasteiger partial charge on any atom is 0.319 e. The van der Waals surface area contributed by atoms with Gasteiger partial charge in [-0.1, -0.05) is 47.5 Å². The van der Waals surface area contributed by atoms with Crippen molar-refractivity contribution in [2.75, 3.05) is 5.32 Å². The second-order valence-corrected chi connectivity index (χ2v) is 5.12. The predicted molar refractivity (Wildman–Crippen MR) is 83.0 cm³/mol. The summed E-state index contributed by atoms with van der Waals surface area (Å²) in [6.07, 6.45) is 0. The molecule has 2 amide bonds. The molecule has 0 aliphatic heterocycles. The Balaban J connectivity index is 1.92. The first-order chi connectivity index (χ1) is 9.54. The molecular formula is C17H20N2O. The molecule has 0 spiro atoms. The van der Waals surface area contributed by atoms with E-state index in [0.29, 0.717) is 6.54 Å². The van der Waals surface area contributed by atoms with Gasteiger partial charge in [-0.25, -0.2) is 4.79 Å². The molecule has 0 aliphatic rings. The summed E-state index contributed by atoms with van der Waals surface area (Å²) in [6, 6.07) is 13.9. The van der Waals surface area contributed by atoms with Crippen molar-refractivity contribution in [3.8, 4) is 0 Å². The van der Waals surface area contributed by atoms with E-state index >= 15 is 0 Å². The van der Waals surface area contributed by atoms with Gasteiger partial charge in [-0.15, -0.1) is 0 Å².